The van der Waals surface area contributed by atoms with Crippen molar-refractivity contribution in [2.24, 2.45) is 0 Å². The number of rotatable bonds is 6. The second-order valence-corrected chi connectivity index (χ2v) is 3.47. The first-order chi connectivity index (χ1) is 8.70. The molecule has 100 valence electrons. The van der Waals surface area contributed by atoms with Crippen molar-refractivity contribution in [3.05, 3.63) is 42.4 Å². The summed E-state index contributed by atoms with van der Waals surface area (Å²) in [7, 11) is 0. The first-order valence-corrected chi connectivity index (χ1v) is 6.46. The number of nitrogens with zero attached hydrogens (tertiary/aromatic N) is 1. The van der Waals surface area contributed by atoms with E-state index in [2.05, 4.69) is 11.6 Å². The Morgan fingerprint density at radius 2 is 2.11 bits per heavy atom. The van der Waals surface area contributed by atoms with Crippen LogP contribution in [0.1, 0.15) is 45.6 Å². The maximum Gasteiger partial charge on any atom is 0.204 e. The predicted molar refractivity (Wildman–Crippen MR) is 74.4 cm³/mol. The molecule has 1 unspecified atom stereocenters. The van der Waals surface area contributed by atoms with Gasteiger partial charge in [0.05, 0.1) is 12.5 Å². The number of carbonyl (C=O) groups is 1. The van der Waals surface area contributed by atoms with E-state index in [-0.39, 0.29) is 17.5 Å². The summed E-state index contributed by atoms with van der Waals surface area (Å²) < 4.78 is 5.14. The van der Waals surface area contributed by atoms with E-state index in [1.54, 1.807) is 12.4 Å². The number of ether oxygens (including phenoxy) is 1. The topological polar surface area (TPSA) is 39.2 Å². The van der Waals surface area contributed by atoms with Crippen LogP contribution in [-0.2, 0) is 9.53 Å². The quantitative estimate of drug-likeness (QED) is 0.569. The number of pyridine rings is 1. The van der Waals surface area contributed by atoms with Crippen molar-refractivity contribution in [1.82, 2.24) is 4.98 Å². The first kappa shape index (κ1) is 16.4. The summed E-state index contributed by atoms with van der Waals surface area (Å²) in [6, 6.07) is 3.73. The Labute approximate surface area is 110 Å². The maximum atomic E-state index is 12.0. The first-order valence-electron chi connectivity index (χ1n) is 6.46. The second-order valence-electron chi connectivity index (χ2n) is 3.47. The third-order valence-corrected chi connectivity index (χ3v) is 2.40. The van der Waals surface area contributed by atoms with Gasteiger partial charge in [0, 0.05) is 12.4 Å². The van der Waals surface area contributed by atoms with Crippen molar-refractivity contribution in [2.75, 3.05) is 6.61 Å². The smallest absolute Gasteiger partial charge is 0.204 e. The molecule has 0 N–H and O–H groups in total. The lowest BCUT2D eigenvalue weighted by atomic mass is 9.93. The minimum Gasteiger partial charge on any atom is -0.491 e. The molecule has 1 heterocycles. The summed E-state index contributed by atoms with van der Waals surface area (Å²) in [5, 5.41) is 0. The molecule has 0 fully saturated rings. The number of hydrogen-bond donors (Lipinski definition) is 0. The third-order valence-electron chi connectivity index (χ3n) is 2.40. The Morgan fingerprint density at radius 1 is 1.44 bits per heavy atom. The monoisotopic (exact) mass is 249 g/mol. The Kier molecular flexibility index (Phi) is 8.54. The van der Waals surface area contributed by atoms with Crippen LogP contribution in [0.3, 0.4) is 0 Å². The maximum absolute atomic E-state index is 12.0. The molecular weight excluding hydrogens is 226 g/mol. The molecule has 1 aromatic heterocycles. The van der Waals surface area contributed by atoms with Gasteiger partial charge in [-0.1, -0.05) is 33.4 Å². The summed E-state index contributed by atoms with van der Waals surface area (Å²) in [6.07, 6.45) is 4.12. The fourth-order valence-corrected chi connectivity index (χ4v) is 1.59. The van der Waals surface area contributed by atoms with Gasteiger partial charge < -0.3 is 4.74 Å². The fourth-order valence-electron chi connectivity index (χ4n) is 1.59. The largest absolute Gasteiger partial charge is 0.491 e. The number of aromatic nitrogens is 1. The van der Waals surface area contributed by atoms with E-state index in [9.17, 15) is 4.79 Å². The van der Waals surface area contributed by atoms with Crippen LogP contribution in [0.5, 0.6) is 0 Å². The lowest BCUT2D eigenvalue weighted by Gasteiger charge is -2.15. The van der Waals surface area contributed by atoms with Crippen LogP contribution in [-0.4, -0.2) is 17.4 Å². The summed E-state index contributed by atoms with van der Waals surface area (Å²) in [5.74, 6) is -0.0247. The van der Waals surface area contributed by atoms with Gasteiger partial charge in [-0.15, -0.1) is 0 Å². The summed E-state index contributed by atoms with van der Waals surface area (Å²) in [4.78, 5) is 16.0. The van der Waals surface area contributed by atoms with E-state index >= 15 is 0 Å². The highest BCUT2D eigenvalue weighted by atomic mass is 16.5. The number of ketones is 1. The zero-order valence-corrected chi connectivity index (χ0v) is 11.8. The molecule has 0 bridgehead atoms. The highest BCUT2D eigenvalue weighted by Gasteiger charge is 2.22. The van der Waals surface area contributed by atoms with Gasteiger partial charge in [0.1, 0.15) is 0 Å². The van der Waals surface area contributed by atoms with Crippen molar-refractivity contribution in [1.29, 1.82) is 0 Å². The Hall–Kier alpha value is -1.64. The van der Waals surface area contributed by atoms with Crippen LogP contribution in [0.25, 0.3) is 0 Å². The minimum absolute atomic E-state index is 0.0580. The molecule has 1 aromatic rings. The molecule has 1 rings (SSSR count). The summed E-state index contributed by atoms with van der Waals surface area (Å²) in [5.41, 5.74) is 0.913. The second kappa shape index (κ2) is 9.40. The SMILES string of the molecule is C=C(OCC)C(=O)C(CC)c1cccnc1.CC. The van der Waals surface area contributed by atoms with Crippen LogP contribution in [0, 0.1) is 0 Å². The molecule has 0 aliphatic heterocycles. The number of carbonyl (C=O) groups excluding carboxylic acids is 1. The molecule has 0 radical (unpaired) electrons. The zero-order valence-electron chi connectivity index (χ0n) is 11.8. The molecule has 3 heteroatoms. The van der Waals surface area contributed by atoms with E-state index in [0.29, 0.717) is 6.61 Å². The number of allylic oxidation sites excluding steroid dienone is 1. The average molecular weight is 249 g/mol. The minimum atomic E-state index is -0.201. The van der Waals surface area contributed by atoms with Crippen molar-refractivity contribution in [3.8, 4) is 0 Å². The molecule has 0 amide bonds. The molecule has 3 nitrogen and oxygen atoms in total. The molecule has 0 spiro atoms. The highest BCUT2D eigenvalue weighted by Crippen LogP contribution is 2.22. The van der Waals surface area contributed by atoms with Gasteiger partial charge in [-0.25, -0.2) is 0 Å². The highest BCUT2D eigenvalue weighted by molar-refractivity contribution is 5.98. The molecule has 0 saturated carbocycles. The lowest BCUT2D eigenvalue weighted by molar-refractivity contribution is -0.120. The van der Waals surface area contributed by atoms with E-state index in [1.165, 1.54) is 0 Å². The predicted octanol–water partition coefficient (Wildman–Crippen LogP) is 3.72. The van der Waals surface area contributed by atoms with Crippen LogP contribution < -0.4 is 0 Å². The lowest BCUT2D eigenvalue weighted by Crippen LogP contribution is -2.15. The van der Waals surface area contributed by atoms with E-state index in [0.717, 1.165) is 12.0 Å². The number of hydrogen-bond acceptors (Lipinski definition) is 3. The van der Waals surface area contributed by atoms with E-state index < -0.39 is 0 Å². The fraction of sp³-hybridized carbons (Fsp3) is 0.467. The average Bonchev–Trinajstić information content (AvgIpc) is 2.43. The van der Waals surface area contributed by atoms with E-state index in [4.69, 9.17) is 4.74 Å². The van der Waals surface area contributed by atoms with Gasteiger partial charge in [0.15, 0.2) is 5.76 Å². The Bertz CT molecular complexity index is 360. The number of Topliss-reactive ketones (excluding diaryl/α,β-unsaturated/α-hetero) is 1. The van der Waals surface area contributed by atoms with Gasteiger partial charge in [-0.05, 0) is 25.0 Å². The van der Waals surface area contributed by atoms with Crippen molar-refractivity contribution in [3.63, 3.8) is 0 Å². The summed E-state index contributed by atoms with van der Waals surface area (Å²) in [6.45, 7) is 11.9. The van der Waals surface area contributed by atoms with Crippen LogP contribution >= 0.6 is 0 Å². The zero-order chi connectivity index (χ0) is 14.0. The van der Waals surface area contributed by atoms with E-state index in [1.807, 2.05) is 39.8 Å². The van der Waals surface area contributed by atoms with Gasteiger partial charge in [0.25, 0.3) is 0 Å². The standard InChI is InChI=1S/C13H17NO2.C2H6/c1-4-12(11-7-6-8-14-9-11)13(15)10(3)16-5-2;1-2/h6-9,12H,3-5H2,1-2H3;1-2H3. The van der Waals surface area contributed by atoms with Gasteiger partial charge in [-0.2, -0.15) is 0 Å². The third kappa shape index (κ3) is 4.70. The van der Waals surface area contributed by atoms with Gasteiger partial charge in [-0.3, -0.25) is 9.78 Å². The van der Waals surface area contributed by atoms with Crippen LogP contribution in [0.2, 0.25) is 0 Å². The molecule has 0 aromatic carbocycles. The normalized spacial score (nSPS) is 10.9. The molecular formula is C15H23NO2. The van der Waals surface area contributed by atoms with Crippen molar-refractivity contribution >= 4 is 5.78 Å². The molecule has 0 saturated heterocycles. The van der Waals surface area contributed by atoms with Crippen LogP contribution in [0.15, 0.2) is 36.9 Å². The van der Waals surface area contributed by atoms with Gasteiger partial charge in [0.2, 0.25) is 5.78 Å². The van der Waals surface area contributed by atoms with Crippen molar-refractivity contribution in [2.45, 2.75) is 40.0 Å². The molecule has 0 aliphatic carbocycles. The molecule has 18 heavy (non-hydrogen) atoms. The van der Waals surface area contributed by atoms with Crippen molar-refractivity contribution < 1.29 is 9.53 Å². The Balaban J connectivity index is 0.00000137. The Morgan fingerprint density at radius 3 is 2.56 bits per heavy atom. The summed E-state index contributed by atoms with van der Waals surface area (Å²) >= 11 is 0. The van der Waals surface area contributed by atoms with Crippen LogP contribution in [0.4, 0.5) is 0 Å². The molecule has 0 aliphatic rings. The van der Waals surface area contributed by atoms with Gasteiger partial charge >= 0.3 is 0 Å². The molecule has 1 atom stereocenters.